The van der Waals surface area contributed by atoms with Crippen molar-refractivity contribution in [3.63, 3.8) is 0 Å². The summed E-state index contributed by atoms with van der Waals surface area (Å²) < 4.78 is 37.6. The predicted molar refractivity (Wildman–Crippen MR) is 122 cm³/mol. The fraction of sp³-hybridized carbons (Fsp3) is 0.200. The van der Waals surface area contributed by atoms with Crippen LogP contribution >= 0.6 is 11.8 Å². The smallest absolute Gasteiger partial charge is 0.236 e. The summed E-state index contributed by atoms with van der Waals surface area (Å²) in [6.07, 6.45) is 2.66. The number of anilines is 2. The zero-order valence-electron chi connectivity index (χ0n) is 17.7. The maximum absolute atomic E-state index is 12.3. The molecule has 0 radical (unpaired) electrons. The molecular weight excluding hydrogens is 468 g/mol. The Bertz CT molecular complexity index is 1340. The highest BCUT2D eigenvalue weighted by atomic mass is 32.2. The molecular formula is C20H20N6O5S2. The van der Waals surface area contributed by atoms with E-state index in [9.17, 15) is 13.2 Å². The van der Waals surface area contributed by atoms with Crippen molar-refractivity contribution in [3.05, 3.63) is 60.2 Å². The first kappa shape index (κ1) is 22.6. The molecule has 0 bridgehead atoms. The van der Waals surface area contributed by atoms with Crippen LogP contribution in [0.2, 0.25) is 0 Å². The van der Waals surface area contributed by atoms with Crippen LogP contribution in [-0.2, 0) is 21.4 Å². The van der Waals surface area contributed by atoms with Gasteiger partial charge in [0.05, 0.1) is 24.8 Å². The third-order valence-corrected chi connectivity index (χ3v) is 5.86. The number of rotatable bonds is 9. The molecule has 1 aromatic carbocycles. The van der Waals surface area contributed by atoms with E-state index in [4.69, 9.17) is 8.94 Å². The van der Waals surface area contributed by atoms with Gasteiger partial charge in [0.15, 0.2) is 16.8 Å². The summed E-state index contributed by atoms with van der Waals surface area (Å²) in [5, 5.41) is 15.5. The third kappa shape index (κ3) is 6.02. The van der Waals surface area contributed by atoms with Crippen LogP contribution in [0.1, 0.15) is 11.5 Å². The molecule has 0 unspecified atom stereocenters. The Kier molecular flexibility index (Phi) is 6.51. The van der Waals surface area contributed by atoms with E-state index in [1.807, 2.05) is 10.6 Å². The second kappa shape index (κ2) is 9.50. The van der Waals surface area contributed by atoms with Gasteiger partial charge in [-0.3, -0.25) is 14.1 Å². The van der Waals surface area contributed by atoms with E-state index in [-0.39, 0.29) is 11.7 Å². The molecule has 0 atom stereocenters. The van der Waals surface area contributed by atoms with Gasteiger partial charge >= 0.3 is 0 Å². The van der Waals surface area contributed by atoms with Crippen LogP contribution in [0, 0.1) is 6.92 Å². The van der Waals surface area contributed by atoms with E-state index in [2.05, 4.69) is 25.4 Å². The average Bonchev–Trinajstić information content (AvgIpc) is 3.49. The standard InChI is InChI=1S/C20H20N6O5S2/c1-13-10-17(24-31-13)21-18(27)12-32-20-23-22-19(26(20)11-16-4-3-9-30-16)14-5-7-15(8-6-14)25-33(2,28)29/h3-10,25H,11-12H2,1-2H3,(H,21,24,27). The van der Waals surface area contributed by atoms with Crippen LogP contribution in [-0.4, -0.2) is 46.3 Å². The number of benzene rings is 1. The monoisotopic (exact) mass is 488 g/mol. The molecule has 13 heteroatoms. The van der Waals surface area contributed by atoms with Crippen molar-refractivity contribution < 1.29 is 22.2 Å². The molecule has 0 aliphatic carbocycles. The maximum atomic E-state index is 12.3. The molecule has 3 heterocycles. The summed E-state index contributed by atoms with van der Waals surface area (Å²) in [4.78, 5) is 12.3. The first-order valence-corrected chi connectivity index (χ1v) is 12.5. The number of aromatic nitrogens is 4. The van der Waals surface area contributed by atoms with Crippen LogP contribution in [0.5, 0.6) is 0 Å². The Hall–Kier alpha value is -3.58. The van der Waals surface area contributed by atoms with Crippen molar-refractivity contribution in [1.29, 1.82) is 0 Å². The van der Waals surface area contributed by atoms with Gasteiger partial charge in [0, 0.05) is 17.3 Å². The van der Waals surface area contributed by atoms with Crippen molar-refractivity contribution in [2.45, 2.75) is 18.6 Å². The fourth-order valence-corrected chi connectivity index (χ4v) is 4.25. The van der Waals surface area contributed by atoms with Gasteiger partial charge in [0.2, 0.25) is 15.9 Å². The van der Waals surface area contributed by atoms with Gasteiger partial charge < -0.3 is 14.3 Å². The molecule has 4 rings (SSSR count). The Balaban J connectivity index is 1.54. The number of thioether (sulfide) groups is 1. The molecule has 4 aromatic rings. The molecule has 33 heavy (non-hydrogen) atoms. The minimum atomic E-state index is -3.38. The Morgan fingerprint density at radius 1 is 1.18 bits per heavy atom. The molecule has 0 saturated carbocycles. The van der Waals surface area contributed by atoms with Gasteiger partial charge in [-0.15, -0.1) is 10.2 Å². The van der Waals surface area contributed by atoms with E-state index >= 15 is 0 Å². The molecule has 0 fully saturated rings. The van der Waals surface area contributed by atoms with Crippen molar-refractivity contribution >= 4 is 39.2 Å². The average molecular weight is 489 g/mol. The number of nitrogens with zero attached hydrogens (tertiary/aromatic N) is 4. The first-order chi connectivity index (χ1) is 15.8. The van der Waals surface area contributed by atoms with Crippen LogP contribution < -0.4 is 10.0 Å². The van der Waals surface area contributed by atoms with E-state index in [0.29, 0.717) is 40.6 Å². The lowest BCUT2D eigenvalue weighted by Gasteiger charge is -2.10. The number of hydrogen-bond acceptors (Lipinski definition) is 9. The van der Waals surface area contributed by atoms with Crippen LogP contribution in [0.15, 0.2) is 62.8 Å². The van der Waals surface area contributed by atoms with Crippen LogP contribution in [0.25, 0.3) is 11.4 Å². The maximum Gasteiger partial charge on any atom is 0.236 e. The number of carbonyl (C=O) groups is 1. The van der Waals surface area contributed by atoms with E-state index < -0.39 is 10.0 Å². The summed E-state index contributed by atoms with van der Waals surface area (Å²) in [5.41, 5.74) is 1.16. The number of furan rings is 1. The molecule has 3 aromatic heterocycles. The van der Waals surface area contributed by atoms with E-state index in [1.54, 1.807) is 49.6 Å². The summed E-state index contributed by atoms with van der Waals surface area (Å²) in [6, 6.07) is 12.0. The lowest BCUT2D eigenvalue weighted by Crippen LogP contribution is -2.15. The fourth-order valence-electron chi connectivity index (χ4n) is 2.95. The third-order valence-electron chi connectivity index (χ3n) is 4.29. The Labute approximate surface area is 193 Å². The summed E-state index contributed by atoms with van der Waals surface area (Å²) in [6.45, 7) is 2.09. The van der Waals surface area contributed by atoms with Gasteiger partial charge in [0.25, 0.3) is 0 Å². The molecule has 0 saturated heterocycles. The summed E-state index contributed by atoms with van der Waals surface area (Å²) in [7, 11) is -3.38. The molecule has 172 valence electrons. The normalized spacial score (nSPS) is 11.5. The van der Waals surface area contributed by atoms with Crippen LogP contribution in [0.3, 0.4) is 0 Å². The van der Waals surface area contributed by atoms with E-state index in [0.717, 1.165) is 11.8 Å². The SMILES string of the molecule is Cc1cc(NC(=O)CSc2nnc(-c3ccc(NS(C)(=O)=O)cc3)n2Cc2ccco2)no1. The van der Waals surface area contributed by atoms with Crippen molar-refractivity contribution in [1.82, 2.24) is 19.9 Å². The van der Waals surface area contributed by atoms with Gasteiger partial charge in [-0.1, -0.05) is 16.9 Å². The Morgan fingerprint density at radius 3 is 2.61 bits per heavy atom. The van der Waals surface area contributed by atoms with Gasteiger partial charge in [-0.05, 0) is 43.3 Å². The number of nitrogens with one attached hydrogen (secondary N) is 2. The minimum Gasteiger partial charge on any atom is -0.467 e. The number of amides is 1. The lowest BCUT2D eigenvalue weighted by molar-refractivity contribution is -0.113. The molecule has 1 amide bonds. The number of hydrogen-bond donors (Lipinski definition) is 2. The highest BCUT2D eigenvalue weighted by molar-refractivity contribution is 7.99. The van der Waals surface area contributed by atoms with Crippen molar-refractivity contribution in [2.75, 3.05) is 22.0 Å². The summed E-state index contributed by atoms with van der Waals surface area (Å²) in [5.74, 6) is 2.00. The zero-order chi connectivity index (χ0) is 23.4. The first-order valence-electron chi connectivity index (χ1n) is 9.66. The van der Waals surface area contributed by atoms with Crippen molar-refractivity contribution in [3.8, 4) is 11.4 Å². The molecule has 2 N–H and O–H groups in total. The topological polar surface area (TPSA) is 145 Å². The second-order valence-corrected chi connectivity index (χ2v) is 9.77. The van der Waals surface area contributed by atoms with Crippen LogP contribution in [0.4, 0.5) is 11.5 Å². The molecule has 0 aliphatic rings. The van der Waals surface area contributed by atoms with Gasteiger partial charge in [-0.2, -0.15) is 0 Å². The Morgan fingerprint density at radius 2 is 1.97 bits per heavy atom. The minimum absolute atomic E-state index is 0.0828. The molecule has 11 nitrogen and oxygen atoms in total. The number of carbonyl (C=O) groups excluding carboxylic acids is 1. The van der Waals surface area contributed by atoms with Gasteiger partial charge in [-0.25, -0.2) is 8.42 Å². The van der Waals surface area contributed by atoms with Crippen molar-refractivity contribution in [2.24, 2.45) is 0 Å². The highest BCUT2D eigenvalue weighted by Crippen LogP contribution is 2.26. The lowest BCUT2D eigenvalue weighted by atomic mass is 10.2. The summed E-state index contributed by atoms with van der Waals surface area (Å²) >= 11 is 1.22. The molecule has 0 spiro atoms. The van der Waals surface area contributed by atoms with Gasteiger partial charge in [0.1, 0.15) is 11.5 Å². The predicted octanol–water partition coefficient (Wildman–Crippen LogP) is 2.99. The largest absolute Gasteiger partial charge is 0.467 e. The number of sulfonamides is 1. The quantitative estimate of drug-likeness (QED) is 0.340. The van der Waals surface area contributed by atoms with E-state index in [1.165, 1.54) is 11.8 Å². The molecule has 0 aliphatic heterocycles. The highest BCUT2D eigenvalue weighted by Gasteiger charge is 2.18. The zero-order valence-corrected chi connectivity index (χ0v) is 19.3. The second-order valence-electron chi connectivity index (χ2n) is 7.08. The number of aryl methyl sites for hydroxylation is 1.